The molecule has 4 heterocycles. The number of benzene rings is 1. The molecule has 230 valence electrons. The van der Waals surface area contributed by atoms with Crippen LogP contribution in [0.4, 0.5) is 10.5 Å². The summed E-state index contributed by atoms with van der Waals surface area (Å²) in [5.41, 5.74) is 5.50. The predicted molar refractivity (Wildman–Crippen MR) is 158 cm³/mol. The van der Waals surface area contributed by atoms with E-state index in [1.54, 1.807) is 0 Å². The summed E-state index contributed by atoms with van der Waals surface area (Å²) in [7, 11) is 0. The second-order valence-corrected chi connectivity index (χ2v) is 13.6. The van der Waals surface area contributed by atoms with Gasteiger partial charge in [-0.1, -0.05) is 6.92 Å². The highest BCUT2D eigenvalue weighted by Crippen LogP contribution is 2.41. The predicted octanol–water partition coefficient (Wildman–Crippen LogP) is 2.85. The maximum Gasteiger partial charge on any atom is 0.410 e. The van der Waals surface area contributed by atoms with Crippen molar-refractivity contribution in [3.8, 4) is 0 Å². The zero-order chi connectivity index (χ0) is 29.8. The monoisotopic (exact) mass is 582 g/mol. The molecule has 0 spiro atoms. The van der Waals surface area contributed by atoms with Crippen molar-refractivity contribution in [2.45, 2.75) is 102 Å². The van der Waals surface area contributed by atoms with Crippen LogP contribution in [0.2, 0.25) is 0 Å². The van der Waals surface area contributed by atoms with Crippen molar-refractivity contribution in [2.24, 2.45) is 5.92 Å². The molecule has 1 aliphatic carbocycles. The standard InChI is InChI=1S/C31H46N6O5/c1-6-31(10-13-35(14-11-31)29(40)42-30(3,4)5)37-22-9-12-32-27(38)25(22)26(34-37)33-20-7-8-21(19(2)17-20)28(39)36-15-16-41-24-18-23(24)36/h7-8,17,22-26,33-34H,6,9-16,18H2,1-5H3,(H,32,38). The number of hydrogen-bond acceptors (Lipinski definition) is 8. The van der Waals surface area contributed by atoms with Crippen LogP contribution in [0.5, 0.6) is 0 Å². The number of carbonyl (C=O) groups is 3. The third kappa shape index (κ3) is 5.46. The lowest BCUT2D eigenvalue weighted by Crippen LogP contribution is -2.62. The highest BCUT2D eigenvalue weighted by molar-refractivity contribution is 5.96. The van der Waals surface area contributed by atoms with Gasteiger partial charge in [0.25, 0.3) is 5.91 Å². The Bertz CT molecular complexity index is 1220. The molecule has 1 saturated carbocycles. The normalized spacial score (nSPS) is 30.7. The summed E-state index contributed by atoms with van der Waals surface area (Å²) < 4.78 is 11.3. The van der Waals surface area contributed by atoms with E-state index in [4.69, 9.17) is 9.47 Å². The Kier molecular flexibility index (Phi) is 7.64. The van der Waals surface area contributed by atoms with E-state index in [1.165, 1.54) is 0 Å². The molecule has 0 bridgehead atoms. The summed E-state index contributed by atoms with van der Waals surface area (Å²) in [5.74, 6) is -0.159. The van der Waals surface area contributed by atoms with Crippen LogP contribution in [0.15, 0.2) is 18.2 Å². The van der Waals surface area contributed by atoms with Gasteiger partial charge in [-0.25, -0.2) is 15.2 Å². The van der Waals surface area contributed by atoms with Gasteiger partial charge in [0.05, 0.1) is 24.7 Å². The van der Waals surface area contributed by atoms with Gasteiger partial charge in [-0.15, -0.1) is 0 Å². The largest absolute Gasteiger partial charge is 0.444 e. The SMILES string of the molecule is CCC1(N2NC(Nc3ccc(C(=O)N4CCOC5CC54)c(C)c3)C3C(=O)NCCC32)CCN(C(=O)OC(C)(C)C)CC1. The highest BCUT2D eigenvalue weighted by Gasteiger charge is 2.54. The average molecular weight is 583 g/mol. The van der Waals surface area contributed by atoms with E-state index in [0.717, 1.165) is 43.4 Å². The molecule has 4 aliphatic heterocycles. The van der Waals surface area contributed by atoms with Crippen molar-refractivity contribution in [1.29, 1.82) is 0 Å². The van der Waals surface area contributed by atoms with E-state index in [2.05, 4.69) is 28.0 Å². The van der Waals surface area contributed by atoms with Gasteiger partial charge in [-0.05, 0) is 83.6 Å². The molecule has 5 aliphatic rings. The van der Waals surface area contributed by atoms with Gasteiger partial charge in [-0.2, -0.15) is 0 Å². The number of aryl methyl sites for hydroxylation is 1. The molecular formula is C31H46N6O5. The first-order chi connectivity index (χ1) is 20.0. The minimum atomic E-state index is -0.527. The van der Waals surface area contributed by atoms with Crippen molar-refractivity contribution in [3.63, 3.8) is 0 Å². The summed E-state index contributed by atoms with van der Waals surface area (Å²) >= 11 is 0. The third-order valence-corrected chi connectivity index (χ3v) is 9.74. The topological polar surface area (TPSA) is 115 Å². The number of amides is 3. The Hall–Kier alpha value is -2.89. The van der Waals surface area contributed by atoms with Crippen molar-refractivity contribution in [1.82, 2.24) is 25.6 Å². The van der Waals surface area contributed by atoms with Gasteiger partial charge in [0.2, 0.25) is 5.91 Å². The van der Waals surface area contributed by atoms with Crippen LogP contribution in [0.3, 0.4) is 0 Å². The molecular weight excluding hydrogens is 536 g/mol. The Morgan fingerprint density at radius 3 is 2.62 bits per heavy atom. The number of hydrazine groups is 1. The first kappa shape index (κ1) is 29.2. The summed E-state index contributed by atoms with van der Waals surface area (Å²) in [6, 6.07) is 6.10. The fraction of sp³-hybridized carbons (Fsp3) is 0.710. The van der Waals surface area contributed by atoms with Crippen LogP contribution in [0.25, 0.3) is 0 Å². The molecule has 11 heteroatoms. The second kappa shape index (κ2) is 11.0. The zero-order valence-electron chi connectivity index (χ0n) is 25.6. The lowest BCUT2D eigenvalue weighted by Gasteiger charge is -2.49. The fourth-order valence-electron chi connectivity index (χ4n) is 7.33. The molecule has 0 aromatic heterocycles. The van der Waals surface area contributed by atoms with E-state index in [1.807, 2.05) is 55.7 Å². The number of ether oxygens (including phenoxy) is 2. The Labute approximate surface area is 248 Å². The number of nitrogens with zero attached hydrogens (tertiary/aromatic N) is 3. The van der Waals surface area contributed by atoms with E-state index in [9.17, 15) is 14.4 Å². The smallest absolute Gasteiger partial charge is 0.410 e. The van der Waals surface area contributed by atoms with E-state index in [0.29, 0.717) is 38.3 Å². The molecule has 1 aromatic rings. The van der Waals surface area contributed by atoms with Crippen molar-refractivity contribution >= 4 is 23.6 Å². The number of likely N-dealkylation sites (tertiary alicyclic amines) is 1. The average Bonchev–Trinajstić information content (AvgIpc) is 3.66. The maximum atomic E-state index is 13.3. The van der Waals surface area contributed by atoms with Crippen LogP contribution >= 0.6 is 0 Å². The minimum absolute atomic E-state index is 0.0408. The van der Waals surface area contributed by atoms with Crippen LogP contribution in [0, 0.1) is 12.8 Å². The number of piperidine rings is 2. The minimum Gasteiger partial charge on any atom is -0.444 e. The summed E-state index contributed by atoms with van der Waals surface area (Å²) in [6.45, 7) is 12.9. The van der Waals surface area contributed by atoms with Crippen LogP contribution in [0.1, 0.15) is 75.7 Å². The summed E-state index contributed by atoms with van der Waals surface area (Å²) in [4.78, 5) is 43.1. The molecule has 6 rings (SSSR count). The molecule has 11 nitrogen and oxygen atoms in total. The van der Waals surface area contributed by atoms with Gasteiger partial charge in [0, 0.05) is 49.0 Å². The van der Waals surface area contributed by atoms with E-state index in [-0.39, 0.29) is 53.7 Å². The first-order valence-corrected chi connectivity index (χ1v) is 15.6. The molecule has 5 fully saturated rings. The number of morpholine rings is 1. The number of anilines is 1. The Balaban J connectivity index is 1.17. The van der Waals surface area contributed by atoms with Gasteiger partial charge in [0.1, 0.15) is 11.8 Å². The number of nitrogens with one attached hydrogen (secondary N) is 3. The zero-order valence-corrected chi connectivity index (χ0v) is 25.6. The molecule has 3 N–H and O–H groups in total. The lowest BCUT2D eigenvalue weighted by atomic mass is 9.81. The van der Waals surface area contributed by atoms with Crippen molar-refractivity contribution < 1.29 is 23.9 Å². The van der Waals surface area contributed by atoms with Crippen LogP contribution in [-0.4, -0.2) is 101 Å². The number of hydrogen-bond donors (Lipinski definition) is 3. The molecule has 4 saturated heterocycles. The van der Waals surface area contributed by atoms with Crippen molar-refractivity contribution in [2.75, 3.05) is 38.1 Å². The third-order valence-electron chi connectivity index (χ3n) is 9.74. The first-order valence-electron chi connectivity index (χ1n) is 15.6. The van der Waals surface area contributed by atoms with Gasteiger partial charge < -0.3 is 29.9 Å². The number of fused-ring (bicyclic) bond motifs is 2. The van der Waals surface area contributed by atoms with Crippen LogP contribution < -0.4 is 16.1 Å². The van der Waals surface area contributed by atoms with Gasteiger partial charge >= 0.3 is 6.09 Å². The molecule has 5 atom stereocenters. The quantitative estimate of drug-likeness (QED) is 0.486. The molecule has 0 radical (unpaired) electrons. The summed E-state index contributed by atoms with van der Waals surface area (Å²) in [6.07, 6.45) is 3.92. The van der Waals surface area contributed by atoms with Crippen molar-refractivity contribution in [3.05, 3.63) is 29.3 Å². The fourth-order valence-corrected chi connectivity index (χ4v) is 7.33. The molecule has 1 aromatic carbocycles. The van der Waals surface area contributed by atoms with Crippen LogP contribution in [-0.2, 0) is 14.3 Å². The second-order valence-electron chi connectivity index (χ2n) is 13.6. The highest BCUT2D eigenvalue weighted by atomic mass is 16.6. The number of carbonyl (C=O) groups excluding carboxylic acids is 3. The van der Waals surface area contributed by atoms with Gasteiger partial charge in [-0.3, -0.25) is 9.59 Å². The molecule has 3 amide bonds. The summed E-state index contributed by atoms with van der Waals surface area (Å²) in [5, 5.41) is 9.01. The lowest BCUT2D eigenvalue weighted by molar-refractivity contribution is -0.128. The Morgan fingerprint density at radius 1 is 1.17 bits per heavy atom. The maximum absolute atomic E-state index is 13.3. The molecule has 5 unspecified atom stereocenters. The Morgan fingerprint density at radius 2 is 1.93 bits per heavy atom. The number of rotatable bonds is 5. The van der Waals surface area contributed by atoms with E-state index >= 15 is 0 Å². The molecule has 42 heavy (non-hydrogen) atoms. The van der Waals surface area contributed by atoms with E-state index < -0.39 is 5.60 Å². The van der Waals surface area contributed by atoms with Gasteiger partial charge in [0.15, 0.2) is 0 Å².